The lowest BCUT2D eigenvalue weighted by Gasteiger charge is -2.26. The second-order valence-corrected chi connectivity index (χ2v) is 5.11. The van der Waals surface area contributed by atoms with E-state index in [9.17, 15) is 0 Å². The number of hydrogen-bond donors (Lipinski definition) is 0. The highest BCUT2D eigenvalue weighted by Crippen LogP contribution is 2.40. The lowest BCUT2D eigenvalue weighted by molar-refractivity contribution is 0.451. The van der Waals surface area contributed by atoms with Crippen LogP contribution in [0.3, 0.4) is 0 Å². The first-order valence-corrected chi connectivity index (χ1v) is 5.83. The fourth-order valence-electron chi connectivity index (χ4n) is 2.04. The molecule has 1 aromatic carbocycles. The fraction of sp³-hybridized carbons (Fsp3) is 0.273. The first-order valence-electron chi connectivity index (χ1n) is 4.54. The number of rotatable bonds is 2. The van der Waals surface area contributed by atoms with Crippen LogP contribution in [0.25, 0.3) is 10.8 Å². The molecule has 0 aliphatic heterocycles. The Labute approximate surface area is 81.4 Å². The number of aryl methyl sites for hydroxylation is 1. The Hall–Kier alpha value is -0.863. The normalized spacial score (nSPS) is 15.0. The van der Waals surface area contributed by atoms with Crippen molar-refractivity contribution in [2.24, 2.45) is 0 Å². The van der Waals surface area contributed by atoms with Gasteiger partial charge in [-0.2, -0.15) is 0 Å². The molecule has 1 aromatic rings. The summed E-state index contributed by atoms with van der Waals surface area (Å²) in [6.45, 7) is 4.38. The second-order valence-electron chi connectivity index (χ2n) is 3.53. The quantitative estimate of drug-likeness (QED) is 0.647. The molecule has 0 unspecified atom stereocenters. The van der Waals surface area contributed by atoms with Gasteiger partial charge in [0.25, 0.3) is 0 Å². The van der Waals surface area contributed by atoms with Crippen LogP contribution in [0.2, 0.25) is 0 Å². The summed E-state index contributed by atoms with van der Waals surface area (Å²) >= 11 is 0. The van der Waals surface area contributed by atoms with E-state index in [2.05, 4.69) is 32.0 Å². The molecule has 0 atom stereocenters. The topological polar surface area (TPSA) is 9.23 Å². The van der Waals surface area contributed by atoms with Crippen LogP contribution in [0.4, 0.5) is 0 Å². The minimum Gasteiger partial charge on any atom is -0.422 e. The molecule has 0 heterocycles. The van der Waals surface area contributed by atoms with Crippen molar-refractivity contribution in [3.63, 3.8) is 0 Å². The van der Waals surface area contributed by atoms with Gasteiger partial charge in [0.15, 0.2) is 9.76 Å². The lowest BCUT2D eigenvalue weighted by Crippen LogP contribution is -2.12. The average molecular weight is 190 g/mol. The van der Waals surface area contributed by atoms with Gasteiger partial charge in [-0.3, -0.25) is 0 Å². The Morgan fingerprint density at radius 1 is 1.23 bits per heavy atom. The minimum absolute atomic E-state index is 0.460. The first kappa shape index (κ1) is 8.72. The molecular weight excluding hydrogens is 176 g/mol. The van der Waals surface area contributed by atoms with Crippen molar-refractivity contribution in [3.8, 4) is 0 Å². The molecule has 0 fully saturated rings. The van der Waals surface area contributed by atoms with Gasteiger partial charge in [0, 0.05) is 7.11 Å². The Bertz CT molecular complexity index is 380. The Kier molecular flexibility index (Phi) is 2.10. The molecule has 0 saturated carbocycles. The van der Waals surface area contributed by atoms with Gasteiger partial charge >= 0.3 is 0 Å². The smallest absolute Gasteiger partial charge is 0.192 e. The third-order valence-electron chi connectivity index (χ3n) is 2.71. The molecule has 68 valence electrons. The van der Waals surface area contributed by atoms with Gasteiger partial charge in [-0.1, -0.05) is 18.2 Å². The highest BCUT2D eigenvalue weighted by atomic mass is 28.2. The van der Waals surface area contributed by atoms with Crippen molar-refractivity contribution in [3.05, 3.63) is 34.9 Å². The molecule has 0 aromatic heterocycles. The van der Waals surface area contributed by atoms with Crippen molar-refractivity contribution >= 4 is 20.5 Å². The van der Waals surface area contributed by atoms with Crippen LogP contribution in [0.5, 0.6) is 0 Å². The average Bonchev–Trinajstić information content (AvgIpc) is 2.13. The van der Waals surface area contributed by atoms with E-state index in [-0.39, 0.29) is 0 Å². The molecule has 2 heteroatoms. The van der Waals surface area contributed by atoms with Crippen LogP contribution >= 0.6 is 0 Å². The molecule has 2 rings (SSSR count). The minimum atomic E-state index is -0.460. The maximum Gasteiger partial charge on any atom is 0.192 e. The van der Waals surface area contributed by atoms with Crippen molar-refractivity contribution in [1.82, 2.24) is 0 Å². The first-order chi connectivity index (χ1) is 6.25. The number of hydrogen-bond acceptors (Lipinski definition) is 1. The van der Waals surface area contributed by atoms with E-state index in [0.29, 0.717) is 0 Å². The van der Waals surface area contributed by atoms with Gasteiger partial charge in [-0.25, -0.2) is 0 Å². The van der Waals surface area contributed by atoms with E-state index >= 15 is 0 Å². The summed E-state index contributed by atoms with van der Waals surface area (Å²) in [5.74, 6) is 0. The highest BCUT2D eigenvalue weighted by molar-refractivity contribution is 6.61. The largest absolute Gasteiger partial charge is 0.422 e. The van der Waals surface area contributed by atoms with E-state index in [1.807, 2.05) is 0 Å². The van der Waals surface area contributed by atoms with Crippen LogP contribution in [-0.2, 0) is 4.43 Å². The zero-order chi connectivity index (χ0) is 9.42. The molecule has 0 amide bonds. The van der Waals surface area contributed by atoms with E-state index < -0.39 is 9.76 Å². The summed E-state index contributed by atoms with van der Waals surface area (Å²) in [5, 5.41) is 1.50. The SMILES string of the molecule is CO[SiH2]C1=C(C)c2c(C)cccc21. The highest BCUT2D eigenvalue weighted by Gasteiger charge is 2.23. The summed E-state index contributed by atoms with van der Waals surface area (Å²) in [7, 11) is 1.35. The number of allylic oxidation sites excluding steroid dienone is 1. The lowest BCUT2D eigenvalue weighted by atomic mass is 9.86. The monoisotopic (exact) mass is 190 g/mol. The zero-order valence-corrected chi connectivity index (χ0v) is 9.76. The Balaban J connectivity index is 2.43. The van der Waals surface area contributed by atoms with Gasteiger partial charge in [-0.05, 0) is 41.3 Å². The van der Waals surface area contributed by atoms with Crippen LogP contribution < -0.4 is 0 Å². The van der Waals surface area contributed by atoms with Crippen LogP contribution in [-0.4, -0.2) is 16.9 Å². The zero-order valence-electron chi connectivity index (χ0n) is 8.35. The van der Waals surface area contributed by atoms with Crippen molar-refractivity contribution in [2.75, 3.05) is 7.11 Å². The molecule has 0 radical (unpaired) electrons. The summed E-state index contributed by atoms with van der Waals surface area (Å²) in [6.07, 6.45) is 0. The standard InChI is InChI=1S/C11H14OSi/c1-7-5-4-6-9-10(7)8(2)11(9)13-12-3/h4-6H,13H2,1-3H3. The van der Waals surface area contributed by atoms with Crippen molar-refractivity contribution in [2.45, 2.75) is 13.8 Å². The van der Waals surface area contributed by atoms with E-state index in [1.54, 1.807) is 7.11 Å². The maximum atomic E-state index is 5.29. The maximum absolute atomic E-state index is 5.29. The third kappa shape index (κ3) is 1.17. The molecule has 0 bridgehead atoms. The summed E-state index contributed by atoms with van der Waals surface area (Å²) < 4.78 is 5.29. The number of benzene rings is 1. The van der Waals surface area contributed by atoms with Crippen molar-refractivity contribution < 1.29 is 4.43 Å². The number of fused-ring (bicyclic) bond motifs is 1. The van der Waals surface area contributed by atoms with E-state index in [4.69, 9.17) is 4.43 Å². The van der Waals surface area contributed by atoms with Gasteiger partial charge < -0.3 is 4.43 Å². The van der Waals surface area contributed by atoms with Gasteiger partial charge in [0.05, 0.1) is 0 Å². The molecule has 0 spiro atoms. The summed E-state index contributed by atoms with van der Waals surface area (Å²) in [5.41, 5.74) is 5.75. The Morgan fingerprint density at radius 3 is 2.69 bits per heavy atom. The summed E-state index contributed by atoms with van der Waals surface area (Å²) in [6, 6.07) is 6.51. The molecule has 1 nitrogen and oxygen atoms in total. The van der Waals surface area contributed by atoms with Gasteiger partial charge in [0.2, 0.25) is 0 Å². The molecule has 1 aliphatic carbocycles. The molecule has 1 aliphatic rings. The third-order valence-corrected chi connectivity index (χ3v) is 4.20. The summed E-state index contributed by atoms with van der Waals surface area (Å²) in [4.78, 5) is 0. The second kappa shape index (κ2) is 3.12. The predicted octanol–water partition coefficient (Wildman–Crippen LogP) is 1.93. The molecule has 0 N–H and O–H groups in total. The Morgan fingerprint density at radius 2 is 2.00 bits per heavy atom. The molecule has 0 saturated heterocycles. The van der Waals surface area contributed by atoms with E-state index in [0.717, 1.165) is 0 Å². The van der Waals surface area contributed by atoms with Gasteiger partial charge in [-0.15, -0.1) is 0 Å². The van der Waals surface area contributed by atoms with Gasteiger partial charge in [0.1, 0.15) is 0 Å². The van der Waals surface area contributed by atoms with E-state index in [1.165, 1.54) is 27.5 Å². The van der Waals surface area contributed by atoms with Crippen LogP contribution in [0, 0.1) is 6.92 Å². The van der Waals surface area contributed by atoms with Crippen molar-refractivity contribution in [1.29, 1.82) is 0 Å². The van der Waals surface area contributed by atoms with Crippen LogP contribution in [0.1, 0.15) is 23.6 Å². The predicted molar refractivity (Wildman–Crippen MR) is 59.2 cm³/mol. The van der Waals surface area contributed by atoms with Crippen LogP contribution in [0.15, 0.2) is 18.2 Å². The fourth-order valence-corrected chi connectivity index (χ4v) is 3.17. The molecule has 13 heavy (non-hydrogen) atoms. The molecular formula is C11H14OSi.